The van der Waals surface area contributed by atoms with Crippen LogP contribution in [0.2, 0.25) is 0 Å². The van der Waals surface area contributed by atoms with E-state index in [-0.39, 0.29) is 17.2 Å². The van der Waals surface area contributed by atoms with Gasteiger partial charge in [-0.25, -0.2) is 0 Å². The topological polar surface area (TPSA) is 88.1 Å². The summed E-state index contributed by atoms with van der Waals surface area (Å²) in [4.78, 5) is 14.1. The number of amides is 1. The molecule has 0 aromatic heterocycles. The van der Waals surface area contributed by atoms with Crippen molar-refractivity contribution >= 4 is 43.4 Å². The fourth-order valence-corrected chi connectivity index (χ4v) is 4.56. The van der Waals surface area contributed by atoms with Gasteiger partial charge in [0.15, 0.2) is 0 Å². The van der Waals surface area contributed by atoms with E-state index in [1.165, 1.54) is 12.1 Å². The first kappa shape index (κ1) is 22.3. The smallest absolute Gasteiger partial charge is 0.284 e. The molecule has 1 amide bonds. The number of ether oxygens (including phenoxy) is 1. The van der Waals surface area contributed by atoms with Gasteiger partial charge in [0.2, 0.25) is 5.91 Å². The fourth-order valence-electron chi connectivity index (χ4n) is 3.04. The first-order valence-corrected chi connectivity index (χ1v) is 11.9. The first-order chi connectivity index (χ1) is 14.3. The number of amidine groups is 1. The summed E-state index contributed by atoms with van der Waals surface area (Å²) in [6.07, 6.45) is 2.34. The molecule has 1 aliphatic heterocycles. The number of benzene rings is 2. The molecule has 0 bridgehead atoms. The normalized spacial score (nSPS) is 15.4. The lowest BCUT2D eigenvalue weighted by Crippen LogP contribution is -2.20. The second kappa shape index (κ2) is 10.1. The molecular formula is C21H24BrN3O4S. The number of sulfonamides is 1. The predicted octanol–water partition coefficient (Wildman–Crippen LogP) is 4.06. The minimum atomic E-state index is -3.82. The predicted molar refractivity (Wildman–Crippen MR) is 120 cm³/mol. The SMILES string of the molecule is CN1CCCC1=NS(=O)(=O)c1cccc(NC(=O)CCCOc2cccc(Br)c2)c1. The van der Waals surface area contributed by atoms with E-state index in [0.29, 0.717) is 31.0 Å². The van der Waals surface area contributed by atoms with Crippen LogP contribution in [0.3, 0.4) is 0 Å². The summed E-state index contributed by atoms with van der Waals surface area (Å²) in [5.74, 6) is 1.09. The van der Waals surface area contributed by atoms with Crippen molar-refractivity contribution in [1.29, 1.82) is 0 Å². The van der Waals surface area contributed by atoms with Crippen molar-refractivity contribution < 1.29 is 17.9 Å². The second-order valence-electron chi connectivity index (χ2n) is 6.99. The molecule has 2 aromatic rings. The van der Waals surface area contributed by atoms with E-state index in [4.69, 9.17) is 4.74 Å². The van der Waals surface area contributed by atoms with Crippen molar-refractivity contribution in [3.63, 3.8) is 0 Å². The molecule has 0 spiro atoms. The molecule has 0 saturated carbocycles. The number of carbonyl (C=O) groups excluding carboxylic acids is 1. The third kappa shape index (κ3) is 6.30. The van der Waals surface area contributed by atoms with Crippen LogP contribution in [0.25, 0.3) is 0 Å². The Morgan fingerprint density at radius 3 is 2.77 bits per heavy atom. The number of hydrogen-bond donors (Lipinski definition) is 1. The van der Waals surface area contributed by atoms with Crippen LogP contribution in [0.15, 0.2) is 62.3 Å². The van der Waals surface area contributed by atoms with E-state index < -0.39 is 10.0 Å². The van der Waals surface area contributed by atoms with Crippen molar-refractivity contribution in [2.45, 2.75) is 30.6 Å². The Morgan fingerprint density at radius 1 is 1.23 bits per heavy atom. The molecule has 30 heavy (non-hydrogen) atoms. The molecule has 9 heteroatoms. The van der Waals surface area contributed by atoms with Crippen LogP contribution in [0.5, 0.6) is 5.75 Å². The van der Waals surface area contributed by atoms with Gasteiger partial charge in [-0.1, -0.05) is 28.1 Å². The lowest BCUT2D eigenvalue weighted by Gasteiger charge is -2.11. The average molecular weight is 494 g/mol. The highest BCUT2D eigenvalue weighted by Gasteiger charge is 2.20. The highest BCUT2D eigenvalue weighted by Crippen LogP contribution is 2.21. The number of anilines is 1. The van der Waals surface area contributed by atoms with Gasteiger partial charge in [-0.2, -0.15) is 8.42 Å². The summed E-state index contributed by atoms with van der Waals surface area (Å²) in [6, 6.07) is 13.7. The Morgan fingerprint density at radius 2 is 2.03 bits per heavy atom. The number of rotatable bonds is 8. The van der Waals surface area contributed by atoms with Crippen LogP contribution in [0, 0.1) is 0 Å². The molecule has 1 heterocycles. The minimum Gasteiger partial charge on any atom is -0.494 e. The van der Waals surface area contributed by atoms with Gasteiger partial charge < -0.3 is 15.0 Å². The van der Waals surface area contributed by atoms with Gasteiger partial charge in [-0.3, -0.25) is 4.79 Å². The summed E-state index contributed by atoms with van der Waals surface area (Å²) < 4.78 is 35.7. The molecule has 160 valence electrons. The largest absolute Gasteiger partial charge is 0.494 e. The first-order valence-electron chi connectivity index (χ1n) is 9.67. The quantitative estimate of drug-likeness (QED) is 0.560. The number of likely N-dealkylation sites (tertiary alicyclic amines) is 1. The van der Waals surface area contributed by atoms with Crippen LogP contribution >= 0.6 is 15.9 Å². The lowest BCUT2D eigenvalue weighted by molar-refractivity contribution is -0.116. The van der Waals surface area contributed by atoms with E-state index in [2.05, 4.69) is 25.6 Å². The zero-order valence-corrected chi connectivity index (χ0v) is 19.1. The summed E-state index contributed by atoms with van der Waals surface area (Å²) >= 11 is 3.38. The maximum absolute atomic E-state index is 12.6. The molecule has 1 fully saturated rings. The van der Waals surface area contributed by atoms with Crippen LogP contribution in [0.4, 0.5) is 5.69 Å². The summed E-state index contributed by atoms with van der Waals surface area (Å²) in [6.45, 7) is 1.21. The second-order valence-corrected chi connectivity index (χ2v) is 9.51. The Balaban J connectivity index is 1.53. The number of hydrogen-bond acceptors (Lipinski definition) is 4. The minimum absolute atomic E-state index is 0.0612. The summed E-state index contributed by atoms with van der Waals surface area (Å²) in [5, 5.41) is 2.74. The molecule has 0 aliphatic carbocycles. The number of halogens is 1. The van der Waals surface area contributed by atoms with Gasteiger partial charge in [0.25, 0.3) is 10.0 Å². The van der Waals surface area contributed by atoms with Gasteiger partial charge in [0, 0.05) is 36.6 Å². The monoisotopic (exact) mass is 493 g/mol. The highest BCUT2D eigenvalue weighted by atomic mass is 79.9. The van der Waals surface area contributed by atoms with Crippen LogP contribution in [-0.4, -0.2) is 45.3 Å². The third-order valence-electron chi connectivity index (χ3n) is 4.59. The van der Waals surface area contributed by atoms with E-state index in [9.17, 15) is 13.2 Å². The van der Waals surface area contributed by atoms with Crippen molar-refractivity contribution in [3.05, 3.63) is 53.0 Å². The van der Waals surface area contributed by atoms with Gasteiger partial charge in [-0.05, 0) is 49.2 Å². The fraction of sp³-hybridized carbons (Fsp3) is 0.333. The lowest BCUT2D eigenvalue weighted by atomic mass is 10.2. The van der Waals surface area contributed by atoms with E-state index in [1.807, 2.05) is 36.2 Å². The maximum atomic E-state index is 12.6. The van der Waals surface area contributed by atoms with Crippen molar-refractivity contribution in [1.82, 2.24) is 4.90 Å². The average Bonchev–Trinajstić information content (AvgIpc) is 3.09. The van der Waals surface area contributed by atoms with E-state index >= 15 is 0 Å². The molecule has 2 aromatic carbocycles. The number of nitrogens with zero attached hydrogens (tertiary/aromatic N) is 2. The van der Waals surface area contributed by atoms with Gasteiger partial charge in [0.1, 0.15) is 11.6 Å². The van der Waals surface area contributed by atoms with Crippen LogP contribution in [-0.2, 0) is 14.8 Å². The Labute approximate surface area is 185 Å². The molecule has 3 rings (SSSR count). The van der Waals surface area contributed by atoms with Crippen molar-refractivity contribution in [2.75, 3.05) is 25.5 Å². The summed E-state index contributed by atoms with van der Waals surface area (Å²) in [7, 11) is -1.99. The van der Waals surface area contributed by atoms with Gasteiger partial charge in [-0.15, -0.1) is 4.40 Å². The van der Waals surface area contributed by atoms with Gasteiger partial charge in [0.05, 0.1) is 11.5 Å². The molecule has 0 unspecified atom stereocenters. The molecule has 1 aliphatic rings. The Hall–Kier alpha value is -2.39. The highest BCUT2D eigenvalue weighted by molar-refractivity contribution is 9.10. The standard InChI is InChI=1S/C21H24BrN3O4S/c1-25-12-4-10-20(25)24-30(27,28)19-9-3-7-17(15-19)23-21(26)11-5-13-29-18-8-2-6-16(22)14-18/h2-3,6-9,14-15H,4-5,10-13H2,1H3,(H,23,26). The Kier molecular flexibility index (Phi) is 7.49. The van der Waals surface area contributed by atoms with E-state index in [1.54, 1.807) is 12.1 Å². The molecular weight excluding hydrogens is 470 g/mol. The molecule has 1 saturated heterocycles. The molecule has 0 atom stereocenters. The van der Waals surface area contributed by atoms with E-state index in [0.717, 1.165) is 23.2 Å². The number of carbonyl (C=O) groups is 1. The third-order valence-corrected chi connectivity index (χ3v) is 6.38. The van der Waals surface area contributed by atoms with Crippen molar-refractivity contribution in [2.24, 2.45) is 4.40 Å². The molecule has 0 radical (unpaired) electrons. The van der Waals surface area contributed by atoms with Crippen molar-refractivity contribution in [3.8, 4) is 5.75 Å². The maximum Gasteiger partial charge on any atom is 0.284 e. The Bertz CT molecular complexity index is 1040. The van der Waals surface area contributed by atoms with Crippen LogP contribution < -0.4 is 10.1 Å². The summed E-state index contributed by atoms with van der Waals surface area (Å²) in [5.41, 5.74) is 0.425. The zero-order valence-electron chi connectivity index (χ0n) is 16.7. The number of nitrogens with one attached hydrogen (secondary N) is 1. The van der Waals surface area contributed by atoms with Gasteiger partial charge >= 0.3 is 0 Å². The molecule has 7 nitrogen and oxygen atoms in total. The molecule has 1 N–H and O–H groups in total. The zero-order chi connectivity index (χ0) is 21.6. The van der Waals surface area contributed by atoms with Crippen LogP contribution in [0.1, 0.15) is 25.7 Å².